The van der Waals surface area contributed by atoms with Crippen LogP contribution in [0.1, 0.15) is 75.3 Å². The van der Waals surface area contributed by atoms with Crippen molar-refractivity contribution in [2.75, 3.05) is 5.73 Å². The molecular formula is C16H27N3O. The van der Waals surface area contributed by atoms with Crippen molar-refractivity contribution in [3.05, 3.63) is 18.0 Å². The lowest BCUT2D eigenvalue weighted by molar-refractivity contribution is 0.0919. The Morgan fingerprint density at radius 1 is 1.25 bits per heavy atom. The van der Waals surface area contributed by atoms with Crippen molar-refractivity contribution >= 4 is 11.6 Å². The Bertz CT molecular complexity index is 443. The molecule has 1 fully saturated rings. The van der Waals surface area contributed by atoms with Gasteiger partial charge in [-0.15, -0.1) is 0 Å². The van der Waals surface area contributed by atoms with Gasteiger partial charge in [0, 0.05) is 18.3 Å². The topological polar surface area (TPSA) is 60.0 Å². The summed E-state index contributed by atoms with van der Waals surface area (Å²) >= 11 is 0. The number of nitrogens with one attached hydrogen (secondary N) is 1. The molecule has 0 radical (unpaired) electrons. The predicted octanol–water partition coefficient (Wildman–Crippen LogP) is 3.49. The molecule has 0 atom stereocenters. The van der Waals surface area contributed by atoms with Gasteiger partial charge in [0.25, 0.3) is 5.91 Å². The van der Waals surface area contributed by atoms with Gasteiger partial charge in [-0.2, -0.15) is 0 Å². The fraction of sp³-hybridized carbons (Fsp3) is 0.688. The van der Waals surface area contributed by atoms with Crippen LogP contribution in [0.3, 0.4) is 0 Å². The van der Waals surface area contributed by atoms with E-state index in [2.05, 4.69) is 19.2 Å². The summed E-state index contributed by atoms with van der Waals surface area (Å²) in [6.45, 7) is 4.12. The third-order valence-corrected chi connectivity index (χ3v) is 4.10. The Morgan fingerprint density at radius 3 is 2.45 bits per heavy atom. The van der Waals surface area contributed by atoms with Gasteiger partial charge < -0.3 is 15.6 Å². The standard InChI is InChI=1S/C16H27N3O/c1-12(2)19-11-13(17)10-15(19)16(20)18-14-8-6-4-3-5-7-9-14/h10-12,14H,3-9,17H2,1-2H3,(H,18,20). The predicted molar refractivity (Wildman–Crippen MR) is 82.8 cm³/mol. The molecule has 0 aliphatic heterocycles. The lowest BCUT2D eigenvalue weighted by atomic mass is 9.96. The average Bonchev–Trinajstić information content (AvgIpc) is 2.75. The Labute approximate surface area is 121 Å². The van der Waals surface area contributed by atoms with E-state index in [1.54, 1.807) is 6.07 Å². The Hall–Kier alpha value is -1.45. The van der Waals surface area contributed by atoms with Gasteiger partial charge in [-0.3, -0.25) is 4.79 Å². The molecular weight excluding hydrogens is 250 g/mol. The minimum atomic E-state index is 0.0148. The molecule has 1 aliphatic rings. The Kier molecular flexibility index (Phi) is 5.10. The maximum Gasteiger partial charge on any atom is 0.268 e. The zero-order valence-electron chi connectivity index (χ0n) is 12.7. The van der Waals surface area contributed by atoms with E-state index in [-0.39, 0.29) is 11.9 Å². The summed E-state index contributed by atoms with van der Waals surface area (Å²) in [7, 11) is 0. The van der Waals surface area contributed by atoms with Crippen molar-refractivity contribution in [1.82, 2.24) is 9.88 Å². The van der Waals surface area contributed by atoms with Crippen LogP contribution in [-0.4, -0.2) is 16.5 Å². The molecule has 3 N–H and O–H groups in total. The highest BCUT2D eigenvalue weighted by molar-refractivity contribution is 5.94. The highest BCUT2D eigenvalue weighted by atomic mass is 16.2. The summed E-state index contributed by atoms with van der Waals surface area (Å²) in [5.41, 5.74) is 7.17. The van der Waals surface area contributed by atoms with E-state index >= 15 is 0 Å². The molecule has 0 bridgehead atoms. The molecule has 1 aliphatic carbocycles. The van der Waals surface area contributed by atoms with E-state index < -0.39 is 0 Å². The van der Waals surface area contributed by atoms with E-state index in [9.17, 15) is 4.79 Å². The lowest BCUT2D eigenvalue weighted by Gasteiger charge is -2.22. The number of carbonyl (C=O) groups is 1. The van der Waals surface area contributed by atoms with E-state index in [4.69, 9.17) is 5.73 Å². The summed E-state index contributed by atoms with van der Waals surface area (Å²) in [5.74, 6) is 0.0148. The van der Waals surface area contributed by atoms with Crippen molar-refractivity contribution in [3.63, 3.8) is 0 Å². The number of nitrogen functional groups attached to an aromatic ring is 1. The van der Waals surface area contributed by atoms with Crippen LogP contribution in [0, 0.1) is 0 Å². The molecule has 1 aromatic heterocycles. The van der Waals surface area contributed by atoms with Gasteiger partial charge in [0.15, 0.2) is 0 Å². The number of amides is 1. The molecule has 0 spiro atoms. The monoisotopic (exact) mass is 277 g/mol. The minimum Gasteiger partial charge on any atom is -0.397 e. The van der Waals surface area contributed by atoms with Crippen LogP contribution in [0.15, 0.2) is 12.3 Å². The quantitative estimate of drug-likeness (QED) is 0.888. The smallest absolute Gasteiger partial charge is 0.268 e. The first-order valence-corrected chi connectivity index (χ1v) is 7.86. The van der Waals surface area contributed by atoms with Crippen LogP contribution in [0.2, 0.25) is 0 Å². The molecule has 0 saturated heterocycles. The third kappa shape index (κ3) is 3.78. The first-order valence-electron chi connectivity index (χ1n) is 7.86. The lowest BCUT2D eigenvalue weighted by Crippen LogP contribution is -2.36. The molecule has 1 aromatic rings. The number of hydrogen-bond donors (Lipinski definition) is 2. The maximum absolute atomic E-state index is 12.5. The zero-order valence-corrected chi connectivity index (χ0v) is 12.7. The van der Waals surface area contributed by atoms with Crippen LogP contribution in [0.25, 0.3) is 0 Å². The second-order valence-electron chi connectivity index (χ2n) is 6.18. The van der Waals surface area contributed by atoms with Crippen LogP contribution >= 0.6 is 0 Å². The van der Waals surface area contributed by atoms with Gasteiger partial charge in [0.2, 0.25) is 0 Å². The van der Waals surface area contributed by atoms with Crippen LogP contribution < -0.4 is 11.1 Å². The molecule has 0 aromatic carbocycles. The molecule has 2 rings (SSSR count). The third-order valence-electron chi connectivity index (χ3n) is 4.10. The van der Waals surface area contributed by atoms with Crippen molar-refractivity contribution in [2.24, 2.45) is 0 Å². The van der Waals surface area contributed by atoms with Crippen LogP contribution in [-0.2, 0) is 0 Å². The van der Waals surface area contributed by atoms with Crippen LogP contribution in [0.5, 0.6) is 0 Å². The van der Waals surface area contributed by atoms with Crippen molar-refractivity contribution < 1.29 is 4.79 Å². The van der Waals surface area contributed by atoms with Gasteiger partial charge in [-0.05, 0) is 32.8 Å². The van der Waals surface area contributed by atoms with Crippen molar-refractivity contribution in [2.45, 2.75) is 70.9 Å². The van der Waals surface area contributed by atoms with E-state index in [1.165, 1.54) is 32.1 Å². The van der Waals surface area contributed by atoms with E-state index in [0.29, 0.717) is 17.4 Å². The van der Waals surface area contributed by atoms with E-state index in [0.717, 1.165) is 12.8 Å². The van der Waals surface area contributed by atoms with Gasteiger partial charge in [0.05, 0.1) is 5.69 Å². The molecule has 4 nitrogen and oxygen atoms in total. The highest BCUT2D eigenvalue weighted by Crippen LogP contribution is 2.19. The second kappa shape index (κ2) is 6.82. The number of hydrogen-bond acceptors (Lipinski definition) is 2. The first-order chi connectivity index (χ1) is 9.58. The normalized spacial score (nSPS) is 17.8. The molecule has 1 amide bonds. The van der Waals surface area contributed by atoms with E-state index in [1.807, 2.05) is 10.8 Å². The fourth-order valence-electron chi connectivity index (χ4n) is 2.97. The van der Waals surface area contributed by atoms with Gasteiger partial charge >= 0.3 is 0 Å². The Morgan fingerprint density at radius 2 is 1.85 bits per heavy atom. The number of nitrogens with zero attached hydrogens (tertiary/aromatic N) is 1. The molecule has 1 saturated carbocycles. The summed E-state index contributed by atoms with van der Waals surface area (Å²) in [6.07, 6.45) is 10.4. The fourth-order valence-corrected chi connectivity index (χ4v) is 2.97. The molecule has 20 heavy (non-hydrogen) atoms. The average molecular weight is 277 g/mol. The second-order valence-corrected chi connectivity index (χ2v) is 6.18. The summed E-state index contributed by atoms with van der Waals surface area (Å²) in [4.78, 5) is 12.5. The Balaban J connectivity index is 2.03. The molecule has 0 unspecified atom stereocenters. The minimum absolute atomic E-state index is 0.0148. The highest BCUT2D eigenvalue weighted by Gasteiger charge is 2.19. The number of aromatic nitrogens is 1. The van der Waals surface area contributed by atoms with Crippen molar-refractivity contribution in [1.29, 1.82) is 0 Å². The first kappa shape index (κ1) is 14.9. The largest absolute Gasteiger partial charge is 0.397 e. The number of anilines is 1. The molecule has 112 valence electrons. The van der Waals surface area contributed by atoms with Crippen molar-refractivity contribution in [3.8, 4) is 0 Å². The molecule has 1 heterocycles. The van der Waals surface area contributed by atoms with Gasteiger partial charge in [0.1, 0.15) is 5.69 Å². The number of nitrogens with two attached hydrogens (primary N) is 1. The maximum atomic E-state index is 12.5. The molecule has 4 heteroatoms. The summed E-state index contributed by atoms with van der Waals surface area (Å²) in [6, 6.07) is 2.34. The summed E-state index contributed by atoms with van der Waals surface area (Å²) < 4.78 is 1.95. The summed E-state index contributed by atoms with van der Waals surface area (Å²) in [5, 5.41) is 3.20. The van der Waals surface area contributed by atoms with Crippen LogP contribution in [0.4, 0.5) is 5.69 Å². The zero-order chi connectivity index (χ0) is 14.5. The number of rotatable bonds is 3. The number of carbonyl (C=O) groups excluding carboxylic acids is 1. The SMILES string of the molecule is CC(C)n1cc(N)cc1C(=O)NC1CCCCCCC1. The van der Waals surface area contributed by atoms with Gasteiger partial charge in [-0.1, -0.05) is 32.1 Å². The van der Waals surface area contributed by atoms with Gasteiger partial charge in [-0.25, -0.2) is 0 Å².